The smallest absolute Gasteiger partial charge is 0.176 e. The predicted molar refractivity (Wildman–Crippen MR) is 95.4 cm³/mol. The fraction of sp³-hybridized carbons (Fsp3) is 0.250. The van der Waals surface area contributed by atoms with Crippen molar-refractivity contribution < 1.29 is 14.6 Å². The molecule has 1 atom stereocenters. The third-order valence-electron chi connectivity index (χ3n) is 4.44. The van der Waals surface area contributed by atoms with Crippen molar-refractivity contribution >= 4 is 0 Å². The lowest BCUT2D eigenvalue weighted by Crippen LogP contribution is -2.18. The second kappa shape index (κ2) is 6.16. The second-order valence-electron chi connectivity index (χ2n) is 6.39. The number of aromatic hydroxyl groups is 1. The number of fused-ring (bicyclic) bond motifs is 1. The minimum atomic E-state index is 0.136. The third kappa shape index (κ3) is 2.93. The Hall–Kier alpha value is -2.95. The quantitative estimate of drug-likeness (QED) is 0.734. The van der Waals surface area contributed by atoms with Crippen LogP contribution in [0.3, 0.4) is 0 Å². The lowest BCUT2D eigenvalue weighted by molar-refractivity contribution is 0.192. The molecule has 1 aliphatic heterocycles. The third-order valence-corrected chi connectivity index (χ3v) is 4.44. The van der Waals surface area contributed by atoms with Gasteiger partial charge in [0.1, 0.15) is 22.9 Å². The van der Waals surface area contributed by atoms with Crippen LogP contribution in [0.25, 0.3) is 11.3 Å². The topological polar surface area (TPSA) is 67.4 Å². The van der Waals surface area contributed by atoms with E-state index in [0.29, 0.717) is 17.0 Å². The Morgan fingerprint density at radius 1 is 1.24 bits per heavy atom. The van der Waals surface area contributed by atoms with E-state index in [9.17, 15) is 5.11 Å². The summed E-state index contributed by atoms with van der Waals surface area (Å²) < 4.78 is 11.8. The number of phenolic OH excluding ortho intramolecular Hbond substituents is 1. The molecule has 128 valence electrons. The van der Waals surface area contributed by atoms with E-state index in [2.05, 4.69) is 10.2 Å². The zero-order valence-corrected chi connectivity index (χ0v) is 14.2. The van der Waals surface area contributed by atoms with Crippen molar-refractivity contribution in [3.8, 4) is 34.3 Å². The van der Waals surface area contributed by atoms with E-state index in [4.69, 9.17) is 9.47 Å². The number of aromatic amines is 1. The highest BCUT2D eigenvalue weighted by atomic mass is 16.5. The lowest BCUT2D eigenvalue weighted by Gasteiger charge is -2.24. The van der Waals surface area contributed by atoms with E-state index < -0.39 is 0 Å². The molecule has 0 saturated carbocycles. The van der Waals surface area contributed by atoms with Crippen molar-refractivity contribution in [2.75, 3.05) is 0 Å². The number of aryl methyl sites for hydroxylation is 2. The second-order valence-corrected chi connectivity index (χ2v) is 6.39. The number of para-hydroxylation sites is 1. The van der Waals surface area contributed by atoms with Crippen molar-refractivity contribution in [3.05, 3.63) is 53.7 Å². The molecule has 0 fully saturated rings. The molecule has 1 aromatic heterocycles. The summed E-state index contributed by atoms with van der Waals surface area (Å²) in [6, 6.07) is 13.2. The van der Waals surface area contributed by atoms with Gasteiger partial charge in [-0.05, 0) is 50.5 Å². The van der Waals surface area contributed by atoms with Gasteiger partial charge in [0.2, 0.25) is 0 Å². The summed E-state index contributed by atoms with van der Waals surface area (Å²) in [5, 5.41) is 17.8. The van der Waals surface area contributed by atoms with E-state index in [0.717, 1.165) is 35.6 Å². The van der Waals surface area contributed by atoms with Crippen LogP contribution < -0.4 is 9.47 Å². The summed E-state index contributed by atoms with van der Waals surface area (Å²) in [7, 11) is 0. The highest BCUT2D eigenvalue weighted by molar-refractivity contribution is 5.75. The number of hydrogen-bond donors (Lipinski definition) is 2. The first kappa shape index (κ1) is 15.6. The number of nitrogens with one attached hydrogen (secondary N) is 1. The van der Waals surface area contributed by atoms with Crippen LogP contribution in [0.5, 0.6) is 23.0 Å². The molecule has 0 amide bonds. The Kier molecular flexibility index (Phi) is 3.84. The lowest BCUT2D eigenvalue weighted by atomic mass is 9.98. The van der Waals surface area contributed by atoms with E-state index in [-0.39, 0.29) is 11.9 Å². The summed E-state index contributed by atoms with van der Waals surface area (Å²) in [5.41, 5.74) is 3.13. The first-order chi connectivity index (χ1) is 12.1. The molecule has 0 aliphatic carbocycles. The molecule has 0 saturated heterocycles. The minimum absolute atomic E-state index is 0.136. The molecule has 2 aromatic carbocycles. The van der Waals surface area contributed by atoms with E-state index >= 15 is 0 Å². The molecule has 1 unspecified atom stereocenters. The van der Waals surface area contributed by atoms with Crippen LogP contribution in [0.15, 0.2) is 42.5 Å². The van der Waals surface area contributed by atoms with Crippen molar-refractivity contribution in [2.45, 2.75) is 32.8 Å². The van der Waals surface area contributed by atoms with Gasteiger partial charge in [0.15, 0.2) is 5.75 Å². The van der Waals surface area contributed by atoms with Crippen molar-refractivity contribution in [1.29, 1.82) is 0 Å². The van der Waals surface area contributed by atoms with E-state index in [1.54, 1.807) is 6.07 Å². The number of rotatable bonds is 3. The number of hydrogen-bond acceptors (Lipinski definition) is 4. The Morgan fingerprint density at radius 3 is 2.84 bits per heavy atom. The number of H-pyrrole nitrogens is 1. The maximum Gasteiger partial charge on any atom is 0.176 e. The van der Waals surface area contributed by atoms with Crippen LogP contribution in [0.2, 0.25) is 0 Å². The number of benzene rings is 2. The van der Waals surface area contributed by atoms with Gasteiger partial charge < -0.3 is 14.6 Å². The van der Waals surface area contributed by atoms with Gasteiger partial charge in [-0.2, -0.15) is 5.10 Å². The summed E-state index contributed by atoms with van der Waals surface area (Å²) >= 11 is 0. The molecule has 5 heteroatoms. The van der Waals surface area contributed by atoms with Crippen LogP contribution in [0, 0.1) is 6.92 Å². The van der Waals surface area contributed by atoms with Gasteiger partial charge in [0.25, 0.3) is 0 Å². The number of nitrogens with zero attached hydrogens (tertiary/aromatic N) is 1. The van der Waals surface area contributed by atoms with Crippen LogP contribution in [0.4, 0.5) is 0 Å². The van der Waals surface area contributed by atoms with Crippen LogP contribution in [0.1, 0.15) is 24.6 Å². The number of phenols is 1. The highest BCUT2D eigenvalue weighted by Gasteiger charge is 2.23. The SMILES string of the molecule is Cc1[nH]nc(-c2cc3c(cc2O)OC(C)CC3)c1Oc1ccccc1. The Balaban J connectivity index is 1.76. The van der Waals surface area contributed by atoms with Gasteiger partial charge in [0, 0.05) is 11.6 Å². The van der Waals surface area contributed by atoms with Crippen LogP contribution in [-0.4, -0.2) is 21.4 Å². The maximum absolute atomic E-state index is 10.5. The zero-order chi connectivity index (χ0) is 17.4. The Morgan fingerprint density at radius 2 is 2.04 bits per heavy atom. The number of aromatic nitrogens is 2. The Labute approximate surface area is 146 Å². The maximum atomic E-state index is 10.5. The van der Waals surface area contributed by atoms with Gasteiger partial charge in [-0.1, -0.05) is 18.2 Å². The average Bonchev–Trinajstić information content (AvgIpc) is 2.96. The summed E-state index contributed by atoms with van der Waals surface area (Å²) in [6.07, 6.45) is 2.05. The molecule has 3 aromatic rings. The van der Waals surface area contributed by atoms with Gasteiger partial charge >= 0.3 is 0 Å². The fourth-order valence-electron chi connectivity index (χ4n) is 3.08. The van der Waals surface area contributed by atoms with Gasteiger partial charge in [0.05, 0.1) is 11.8 Å². The molecule has 0 spiro atoms. The molecule has 0 radical (unpaired) electrons. The van der Waals surface area contributed by atoms with Gasteiger partial charge in [-0.3, -0.25) is 5.10 Å². The van der Waals surface area contributed by atoms with Crippen molar-refractivity contribution in [1.82, 2.24) is 10.2 Å². The van der Waals surface area contributed by atoms with Crippen molar-refractivity contribution in [3.63, 3.8) is 0 Å². The number of ether oxygens (including phenoxy) is 2. The average molecular weight is 336 g/mol. The molecule has 25 heavy (non-hydrogen) atoms. The standard InChI is InChI=1S/C20H20N2O3/c1-12-8-9-14-10-16(17(23)11-18(14)24-12)19-20(13(2)21-22-19)25-15-6-4-3-5-7-15/h3-7,10-12,23H,8-9H2,1-2H3,(H,21,22). The molecular weight excluding hydrogens is 316 g/mol. The van der Waals surface area contributed by atoms with E-state index in [1.165, 1.54) is 0 Å². The van der Waals surface area contributed by atoms with Crippen LogP contribution >= 0.6 is 0 Å². The first-order valence-electron chi connectivity index (χ1n) is 8.42. The summed E-state index contributed by atoms with van der Waals surface area (Å²) in [6.45, 7) is 3.94. The molecule has 1 aliphatic rings. The molecular formula is C20H20N2O3. The molecule has 2 heterocycles. The van der Waals surface area contributed by atoms with Gasteiger partial charge in [-0.25, -0.2) is 0 Å². The van der Waals surface area contributed by atoms with Gasteiger partial charge in [-0.15, -0.1) is 0 Å². The normalized spacial score (nSPS) is 16.2. The summed E-state index contributed by atoms with van der Waals surface area (Å²) in [5.74, 6) is 2.23. The zero-order valence-electron chi connectivity index (χ0n) is 14.2. The molecule has 2 N–H and O–H groups in total. The largest absolute Gasteiger partial charge is 0.507 e. The molecule has 5 nitrogen and oxygen atoms in total. The molecule has 0 bridgehead atoms. The molecule has 4 rings (SSSR count). The van der Waals surface area contributed by atoms with Crippen LogP contribution in [-0.2, 0) is 6.42 Å². The highest BCUT2D eigenvalue weighted by Crippen LogP contribution is 2.42. The summed E-state index contributed by atoms with van der Waals surface area (Å²) in [4.78, 5) is 0. The first-order valence-corrected chi connectivity index (χ1v) is 8.42. The van der Waals surface area contributed by atoms with E-state index in [1.807, 2.05) is 50.2 Å². The monoisotopic (exact) mass is 336 g/mol. The van der Waals surface area contributed by atoms with Crippen molar-refractivity contribution in [2.24, 2.45) is 0 Å². The Bertz CT molecular complexity index is 903. The predicted octanol–water partition coefficient (Wildman–Crippen LogP) is 4.60. The minimum Gasteiger partial charge on any atom is -0.507 e. The fourth-order valence-corrected chi connectivity index (χ4v) is 3.08.